The summed E-state index contributed by atoms with van der Waals surface area (Å²) in [5, 5.41) is 3.57. The Kier molecular flexibility index (Phi) is 7.58. The zero-order chi connectivity index (χ0) is 24.8. The molecule has 0 saturated carbocycles. The van der Waals surface area contributed by atoms with Crippen molar-refractivity contribution in [2.24, 2.45) is 0 Å². The number of hydrogen-bond acceptors (Lipinski definition) is 4. The molecule has 0 fully saturated rings. The number of amides is 1. The van der Waals surface area contributed by atoms with Crippen LogP contribution in [-0.4, -0.2) is 25.9 Å². The number of fused-ring (bicyclic) bond motifs is 1. The molecule has 1 heterocycles. The van der Waals surface area contributed by atoms with Gasteiger partial charge in [-0.25, -0.2) is 18.1 Å². The maximum Gasteiger partial charge on any atom is 0.253 e. The van der Waals surface area contributed by atoms with E-state index in [1.165, 1.54) is 0 Å². The Bertz CT molecular complexity index is 1420. The molecule has 0 aliphatic heterocycles. The van der Waals surface area contributed by atoms with Crippen LogP contribution in [0.1, 0.15) is 48.7 Å². The van der Waals surface area contributed by atoms with E-state index in [2.05, 4.69) is 10.0 Å². The van der Waals surface area contributed by atoms with Gasteiger partial charge in [-0.1, -0.05) is 92.7 Å². The van der Waals surface area contributed by atoms with Crippen molar-refractivity contribution in [2.45, 2.75) is 37.6 Å². The largest absolute Gasteiger partial charge is 0.345 e. The van der Waals surface area contributed by atoms with Crippen LogP contribution in [0, 0.1) is 0 Å². The smallest absolute Gasteiger partial charge is 0.253 e. The molecule has 0 saturated heterocycles. The van der Waals surface area contributed by atoms with Gasteiger partial charge in [-0.2, -0.15) is 0 Å². The number of rotatable bonds is 9. The predicted molar refractivity (Wildman–Crippen MR) is 140 cm³/mol. The number of nitrogens with one attached hydrogen (secondary N) is 2. The minimum atomic E-state index is -4.05. The fourth-order valence-corrected chi connectivity index (χ4v) is 5.63. The molecule has 1 atom stereocenters. The first-order valence-electron chi connectivity index (χ1n) is 11.8. The lowest BCUT2D eigenvalue weighted by Gasteiger charge is -2.21. The highest BCUT2D eigenvalue weighted by atomic mass is 32.2. The molecule has 0 bridgehead atoms. The van der Waals surface area contributed by atoms with E-state index in [-0.39, 0.29) is 28.7 Å². The molecule has 4 rings (SSSR count). The lowest BCUT2D eigenvalue weighted by atomic mass is 10.0. The number of para-hydroxylation sites is 1. The highest BCUT2D eigenvalue weighted by Crippen LogP contribution is 2.34. The van der Waals surface area contributed by atoms with Gasteiger partial charge in [0.2, 0.25) is 10.0 Å². The second-order valence-electron chi connectivity index (χ2n) is 8.29. The summed E-state index contributed by atoms with van der Waals surface area (Å²) < 4.78 is 29.9. The monoisotopic (exact) mass is 487 g/mol. The van der Waals surface area contributed by atoms with Gasteiger partial charge in [0.1, 0.15) is 4.90 Å². The second-order valence-corrected chi connectivity index (χ2v) is 9.99. The van der Waals surface area contributed by atoms with E-state index < -0.39 is 15.9 Å². The number of hydrogen-bond donors (Lipinski definition) is 2. The van der Waals surface area contributed by atoms with E-state index in [9.17, 15) is 13.2 Å². The summed E-state index contributed by atoms with van der Waals surface area (Å²) in [5.74, 6) is -0.451. The molecule has 4 aromatic rings. The molecule has 7 heteroatoms. The molecule has 180 valence electrons. The molecular weight excluding hydrogens is 458 g/mol. The molecule has 0 radical (unpaired) electrons. The lowest BCUT2D eigenvalue weighted by molar-refractivity contribution is 0.0934. The van der Waals surface area contributed by atoms with Crippen molar-refractivity contribution >= 4 is 26.8 Å². The molecule has 0 aliphatic carbocycles. The van der Waals surface area contributed by atoms with E-state index in [0.29, 0.717) is 29.3 Å². The van der Waals surface area contributed by atoms with E-state index in [1.54, 1.807) is 30.3 Å². The van der Waals surface area contributed by atoms with E-state index >= 15 is 0 Å². The minimum absolute atomic E-state index is 0.101. The Labute approximate surface area is 206 Å². The molecule has 0 spiro atoms. The molecule has 3 aromatic carbocycles. The summed E-state index contributed by atoms with van der Waals surface area (Å²) in [6, 6.07) is 25.7. The van der Waals surface area contributed by atoms with Gasteiger partial charge in [-0.05, 0) is 24.5 Å². The second kappa shape index (κ2) is 10.8. The van der Waals surface area contributed by atoms with Crippen LogP contribution in [-0.2, 0) is 10.0 Å². The van der Waals surface area contributed by atoms with E-state index in [1.807, 2.05) is 68.4 Å². The summed E-state index contributed by atoms with van der Waals surface area (Å²) in [5.41, 5.74) is 2.50. The first kappa shape index (κ1) is 24.6. The summed E-state index contributed by atoms with van der Waals surface area (Å²) in [7, 11) is -4.05. The van der Waals surface area contributed by atoms with Gasteiger partial charge in [-0.3, -0.25) is 4.79 Å². The van der Waals surface area contributed by atoms with E-state index in [0.717, 1.165) is 5.56 Å². The molecule has 1 amide bonds. The van der Waals surface area contributed by atoms with Crippen LogP contribution in [0.15, 0.2) is 89.8 Å². The van der Waals surface area contributed by atoms with Crippen LogP contribution in [0.25, 0.3) is 22.2 Å². The van der Waals surface area contributed by atoms with Crippen molar-refractivity contribution < 1.29 is 13.2 Å². The summed E-state index contributed by atoms with van der Waals surface area (Å²) >= 11 is 0. The van der Waals surface area contributed by atoms with Gasteiger partial charge in [0.05, 0.1) is 22.8 Å². The number of carbonyl (C=O) groups is 1. The van der Waals surface area contributed by atoms with Crippen LogP contribution in [0.3, 0.4) is 0 Å². The van der Waals surface area contributed by atoms with Crippen LogP contribution in [0.4, 0.5) is 0 Å². The Morgan fingerprint density at radius 2 is 1.51 bits per heavy atom. The van der Waals surface area contributed by atoms with Gasteiger partial charge < -0.3 is 5.32 Å². The van der Waals surface area contributed by atoms with E-state index in [4.69, 9.17) is 4.98 Å². The predicted octanol–water partition coefficient (Wildman–Crippen LogP) is 5.47. The number of aromatic nitrogens is 1. The number of nitrogens with zero attached hydrogens (tertiary/aromatic N) is 1. The maximum absolute atomic E-state index is 13.9. The van der Waals surface area contributed by atoms with Crippen molar-refractivity contribution in [1.82, 2.24) is 15.0 Å². The average molecular weight is 488 g/mol. The lowest BCUT2D eigenvalue weighted by Crippen LogP contribution is -2.32. The highest BCUT2D eigenvalue weighted by Gasteiger charge is 2.31. The van der Waals surface area contributed by atoms with Crippen molar-refractivity contribution in [3.8, 4) is 11.3 Å². The van der Waals surface area contributed by atoms with Crippen molar-refractivity contribution in [1.29, 1.82) is 0 Å². The third kappa shape index (κ3) is 5.26. The first-order chi connectivity index (χ1) is 17.0. The Hall–Kier alpha value is -3.55. The average Bonchev–Trinajstić information content (AvgIpc) is 2.90. The van der Waals surface area contributed by atoms with Crippen LogP contribution in [0.5, 0.6) is 0 Å². The maximum atomic E-state index is 13.9. The van der Waals surface area contributed by atoms with Gasteiger partial charge in [-0.15, -0.1) is 0 Å². The van der Waals surface area contributed by atoms with Gasteiger partial charge in [0, 0.05) is 17.5 Å². The fourth-order valence-electron chi connectivity index (χ4n) is 4.12. The number of pyridine rings is 1. The first-order valence-corrected chi connectivity index (χ1v) is 13.3. The van der Waals surface area contributed by atoms with Crippen LogP contribution >= 0.6 is 0 Å². The molecule has 0 aliphatic rings. The minimum Gasteiger partial charge on any atom is -0.345 e. The Morgan fingerprint density at radius 3 is 2.17 bits per heavy atom. The third-order valence-electron chi connectivity index (χ3n) is 5.85. The molecule has 0 unspecified atom stereocenters. The topological polar surface area (TPSA) is 88.2 Å². The molecule has 6 nitrogen and oxygen atoms in total. The summed E-state index contributed by atoms with van der Waals surface area (Å²) in [6.45, 7) is 4.13. The normalized spacial score (nSPS) is 12.4. The van der Waals surface area contributed by atoms with Crippen LogP contribution in [0.2, 0.25) is 0 Å². The van der Waals surface area contributed by atoms with Crippen molar-refractivity contribution in [3.63, 3.8) is 0 Å². The SMILES string of the molecule is CCCNS(=O)(=O)c1c(-c2ccccc2)nc2ccccc2c1C(=O)N[C@@H](CC)c1ccccc1. The van der Waals surface area contributed by atoms with Crippen LogP contribution < -0.4 is 10.0 Å². The zero-order valence-corrected chi connectivity index (χ0v) is 20.7. The van der Waals surface area contributed by atoms with Crippen molar-refractivity contribution in [2.75, 3.05) is 6.54 Å². The molecule has 2 N–H and O–H groups in total. The summed E-state index contributed by atoms with van der Waals surface area (Å²) in [4.78, 5) is 18.5. The third-order valence-corrected chi connectivity index (χ3v) is 7.37. The van der Waals surface area contributed by atoms with Gasteiger partial charge >= 0.3 is 0 Å². The number of carbonyl (C=O) groups excluding carboxylic acids is 1. The molecular formula is C28H29N3O3S. The fraction of sp³-hybridized carbons (Fsp3) is 0.214. The quantitative estimate of drug-likeness (QED) is 0.328. The Balaban J connectivity index is 1.97. The molecule has 35 heavy (non-hydrogen) atoms. The van der Waals surface area contributed by atoms with Crippen molar-refractivity contribution in [3.05, 3.63) is 96.1 Å². The number of sulfonamides is 1. The van der Waals surface area contributed by atoms with Gasteiger partial charge in [0.15, 0.2) is 0 Å². The number of benzene rings is 3. The Morgan fingerprint density at radius 1 is 0.886 bits per heavy atom. The highest BCUT2D eigenvalue weighted by molar-refractivity contribution is 7.89. The molecule has 1 aromatic heterocycles. The standard InChI is InChI=1S/C28H29N3O3S/c1-3-19-29-35(33,34)27-25(28(32)31-23(4-2)20-13-7-5-8-14-20)22-17-11-12-18-24(22)30-26(27)21-15-9-6-10-16-21/h5-18,23,29H,3-4,19H2,1-2H3,(H,31,32)/t23-/m0/s1. The van der Waals surface area contributed by atoms with Gasteiger partial charge in [0.25, 0.3) is 5.91 Å². The summed E-state index contributed by atoms with van der Waals surface area (Å²) in [6.07, 6.45) is 1.27. The zero-order valence-electron chi connectivity index (χ0n) is 19.9.